The predicted octanol–water partition coefficient (Wildman–Crippen LogP) is 2.64. The first kappa shape index (κ1) is 24.0. The Kier molecular flexibility index (Phi) is 9.94. The van der Waals surface area contributed by atoms with Crippen molar-refractivity contribution in [3.05, 3.63) is 29.8 Å². The summed E-state index contributed by atoms with van der Waals surface area (Å²) in [6, 6.07) is 8.86. The molecule has 168 valence electrons. The van der Waals surface area contributed by atoms with E-state index < -0.39 is 0 Å². The number of benzene rings is 1. The highest BCUT2D eigenvalue weighted by molar-refractivity contribution is 5.84. The molecule has 2 N–H and O–H groups in total. The molecule has 7 nitrogen and oxygen atoms in total. The van der Waals surface area contributed by atoms with E-state index >= 15 is 0 Å². The average molecular weight is 418 g/mol. The number of piperidine rings is 1. The maximum absolute atomic E-state index is 12.0. The minimum Gasteiger partial charge on any atom is -0.497 e. The predicted molar refractivity (Wildman–Crippen MR) is 123 cm³/mol. The van der Waals surface area contributed by atoms with Gasteiger partial charge in [0.15, 0.2) is 5.96 Å². The molecule has 1 saturated heterocycles. The number of amides is 1. The van der Waals surface area contributed by atoms with Crippen LogP contribution in [0, 0.1) is 0 Å². The van der Waals surface area contributed by atoms with Gasteiger partial charge in [-0.2, -0.15) is 0 Å². The molecule has 1 aliphatic rings. The molecule has 1 aromatic carbocycles. The maximum Gasteiger partial charge on any atom is 0.243 e. The summed E-state index contributed by atoms with van der Waals surface area (Å²) in [5, 5.41) is 6.92. The number of hydrogen-bond donors (Lipinski definition) is 2. The summed E-state index contributed by atoms with van der Waals surface area (Å²) in [6.07, 6.45) is 4.75. The Labute approximate surface area is 181 Å². The molecule has 0 aromatic heterocycles. The van der Waals surface area contributed by atoms with E-state index in [0.29, 0.717) is 5.96 Å². The smallest absolute Gasteiger partial charge is 0.243 e. The Balaban J connectivity index is 2.15. The Hall–Kier alpha value is -2.28. The first-order chi connectivity index (χ1) is 14.4. The fraction of sp³-hybridized carbons (Fsp3) is 0.652. The standard InChI is InChI=1S/C23H39N5O2/c1-6-18(2)26-23(25-17-22(29)27(3)4)24-16-21(28-14-8-7-9-15-28)19-10-12-20(30-5)13-11-19/h10-13,18,21H,6-9,14-17H2,1-5H3,(H2,24,25,26). The lowest BCUT2D eigenvalue weighted by atomic mass is 10.0. The van der Waals surface area contributed by atoms with Crippen LogP contribution in [0.15, 0.2) is 29.3 Å². The average Bonchev–Trinajstić information content (AvgIpc) is 2.78. The number of methoxy groups -OCH3 is 1. The summed E-state index contributed by atoms with van der Waals surface area (Å²) < 4.78 is 5.33. The summed E-state index contributed by atoms with van der Waals surface area (Å²) in [6.45, 7) is 7.32. The van der Waals surface area contributed by atoms with E-state index in [4.69, 9.17) is 4.74 Å². The third-order valence-electron chi connectivity index (χ3n) is 5.66. The van der Waals surface area contributed by atoms with Crippen LogP contribution in [-0.4, -0.2) is 75.1 Å². The van der Waals surface area contributed by atoms with Crippen molar-refractivity contribution in [1.82, 2.24) is 20.4 Å². The number of nitrogens with zero attached hydrogens (tertiary/aromatic N) is 3. The fourth-order valence-corrected chi connectivity index (χ4v) is 3.48. The Morgan fingerprint density at radius 1 is 1.20 bits per heavy atom. The van der Waals surface area contributed by atoms with Crippen LogP contribution in [-0.2, 0) is 4.79 Å². The number of likely N-dealkylation sites (tertiary alicyclic amines) is 1. The molecule has 1 aromatic rings. The van der Waals surface area contributed by atoms with Gasteiger partial charge in [-0.1, -0.05) is 25.5 Å². The van der Waals surface area contributed by atoms with E-state index in [1.807, 2.05) is 12.1 Å². The highest BCUT2D eigenvalue weighted by Crippen LogP contribution is 2.25. The van der Waals surface area contributed by atoms with Gasteiger partial charge in [0.2, 0.25) is 5.91 Å². The zero-order chi connectivity index (χ0) is 21.9. The molecule has 1 heterocycles. The largest absolute Gasteiger partial charge is 0.497 e. The van der Waals surface area contributed by atoms with Crippen LogP contribution >= 0.6 is 0 Å². The van der Waals surface area contributed by atoms with E-state index in [0.717, 1.165) is 31.8 Å². The van der Waals surface area contributed by atoms with Crippen molar-refractivity contribution < 1.29 is 9.53 Å². The molecule has 2 atom stereocenters. The molecule has 2 unspecified atom stereocenters. The van der Waals surface area contributed by atoms with Crippen molar-refractivity contribution in [2.45, 2.75) is 51.6 Å². The quantitative estimate of drug-likeness (QED) is 0.478. The van der Waals surface area contributed by atoms with E-state index in [1.54, 1.807) is 26.1 Å². The second-order valence-electron chi connectivity index (χ2n) is 8.17. The number of hydrogen-bond acceptors (Lipinski definition) is 4. The van der Waals surface area contributed by atoms with E-state index in [1.165, 1.54) is 24.8 Å². The van der Waals surface area contributed by atoms with Gasteiger partial charge in [0, 0.05) is 26.7 Å². The molecule has 30 heavy (non-hydrogen) atoms. The monoisotopic (exact) mass is 417 g/mol. The summed E-state index contributed by atoms with van der Waals surface area (Å²) in [5.41, 5.74) is 1.26. The van der Waals surface area contributed by atoms with Gasteiger partial charge in [-0.15, -0.1) is 0 Å². The zero-order valence-corrected chi connectivity index (χ0v) is 19.3. The van der Waals surface area contributed by atoms with Gasteiger partial charge in [0.1, 0.15) is 12.3 Å². The van der Waals surface area contributed by atoms with E-state index in [-0.39, 0.29) is 24.5 Å². The van der Waals surface area contributed by atoms with Crippen molar-refractivity contribution in [3.8, 4) is 5.75 Å². The van der Waals surface area contributed by atoms with Crippen molar-refractivity contribution in [1.29, 1.82) is 0 Å². The maximum atomic E-state index is 12.0. The van der Waals surface area contributed by atoms with Gasteiger partial charge in [-0.05, 0) is 57.0 Å². The molecule has 0 spiro atoms. The molecule has 2 rings (SSSR count). The lowest BCUT2D eigenvalue weighted by Gasteiger charge is -2.35. The van der Waals surface area contributed by atoms with Crippen LogP contribution in [0.5, 0.6) is 5.75 Å². The summed E-state index contributed by atoms with van der Waals surface area (Å²) in [4.78, 5) is 20.7. The summed E-state index contributed by atoms with van der Waals surface area (Å²) in [5.74, 6) is 1.55. The molecule has 7 heteroatoms. The number of rotatable bonds is 9. The summed E-state index contributed by atoms with van der Waals surface area (Å²) >= 11 is 0. The molecule has 1 amide bonds. The van der Waals surface area contributed by atoms with Crippen LogP contribution in [0.25, 0.3) is 0 Å². The Morgan fingerprint density at radius 2 is 1.87 bits per heavy atom. The zero-order valence-electron chi connectivity index (χ0n) is 19.3. The highest BCUT2D eigenvalue weighted by Gasteiger charge is 2.23. The number of guanidine groups is 1. The molecule has 1 fully saturated rings. The molecule has 0 aliphatic carbocycles. The van der Waals surface area contributed by atoms with Crippen molar-refractivity contribution in [2.75, 3.05) is 47.4 Å². The highest BCUT2D eigenvalue weighted by atomic mass is 16.5. The molecule has 0 saturated carbocycles. The Morgan fingerprint density at radius 3 is 2.43 bits per heavy atom. The lowest BCUT2D eigenvalue weighted by Crippen LogP contribution is -2.47. The Bertz CT molecular complexity index is 669. The minimum absolute atomic E-state index is 0.0111. The number of aliphatic imine (C=N–C) groups is 1. The number of carbonyl (C=O) groups excluding carboxylic acids is 1. The first-order valence-electron chi connectivity index (χ1n) is 11.1. The van der Waals surface area contributed by atoms with E-state index in [2.05, 4.69) is 46.5 Å². The van der Waals surface area contributed by atoms with Crippen LogP contribution in [0.2, 0.25) is 0 Å². The third kappa shape index (κ3) is 7.52. The topological polar surface area (TPSA) is 69.2 Å². The van der Waals surface area contributed by atoms with Crippen LogP contribution in [0.4, 0.5) is 0 Å². The summed E-state index contributed by atoms with van der Waals surface area (Å²) in [7, 11) is 5.20. The number of ether oxygens (including phenoxy) is 1. The molecular weight excluding hydrogens is 378 g/mol. The SMILES string of the molecule is CCC(C)NC(=NCC(=O)N(C)C)NCC(c1ccc(OC)cc1)N1CCCCC1. The lowest BCUT2D eigenvalue weighted by molar-refractivity contribution is -0.127. The van der Waals surface area contributed by atoms with Gasteiger partial charge in [0.25, 0.3) is 0 Å². The molecular formula is C23H39N5O2. The number of likely N-dealkylation sites (N-methyl/N-ethyl adjacent to an activating group) is 1. The second-order valence-corrected chi connectivity index (χ2v) is 8.17. The number of carbonyl (C=O) groups is 1. The number of nitrogens with one attached hydrogen (secondary N) is 2. The van der Waals surface area contributed by atoms with Crippen LogP contribution < -0.4 is 15.4 Å². The minimum atomic E-state index is -0.0111. The van der Waals surface area contributed by atoms with Crippen molar-refractivity contribution in [3.63, 3.8) is 0 Å². The van der Waals surface area contributed by atoms with Gasteiger partial charge < -0.3 is 20.3 Å². The van der Waals surface area contributed by atoms with Crippen molar-refractivity contribution in [2.24, 2.45) is 4.99 Å². The molecule has 0 bridgehead atoms. The van der Waals surface area contributed by atoms with E-state index in [9.17, 15) is 4.79 Å². The normalized spacial score (nSPS) is 17.2. The van der Waals surface area contributed by atoms with Crippen LogP contribution in [0.1, 0.15) is 51.1 Å². The van der Waals surface area contributed by atoms with Gasteiger partial charge in [-0.25, -0.2) is 4.99 Å². The van der Waals surface area contributed by atoms with Crippen LogP contribution in [0.3, 0.4) is 0 Å². The van der Waals surface area contributed by atoms with Crippen molar-refractivity contribution >= 4 is 11.9 Å². The van der Waals surface area contributed by atoms with Gasteiger partial charge >= 0.3 is 0 Å². The fourth-order valence-electron chi connectivity index (χ4n) is 3.48. The van der Waals surface area contributed by atoms with Gasteiger partial charge in [-0.3, -0.25) is 9.69 Å². The third-order valence-corrected chi connectivity index (χ3v) is 5.66. The second kappa shape index (κ2) is 12.4. The molecule has 0 radical (unpaired) electrons. The first-order valence-corrected chi connectivity index (χ1v) is 11.1. The van der Waals surface area contributed by atoms with Gasteiger partial charge in [0.05, 0.1) is 13.2 Å². The molecule has 1 aliphatic heterocycles.